The van der Waals surface area contributed by atoms with Gasteiger partial charge in [0.1, 0.15) is 22.1 Å². The van der Waals surface area contributed by atoms with Crippen LogP contribution < -0.4 is 10.9 Å². The maximum atomic E-state index is 13.2. The van der Waals surface area contributed by atoms with Crippen molar-refractivity contribution < 1.29 is 14.3 Å². The maximum Gasteiger partial charge on any atom is 0.350 e. The predicted octanol–water partition coefficient (Wildman–Crippen LogP) is 2.33. The zero-order chi connectivity index (χ0) is 22.2. The summed E-state index contributed by atoms with van der Waals surface area (Å²) in [7, 11) is 5.03. The van der Waals surface area contributed by atoms with Gasteiger partial charge in [-0.3, -0.25) is 14.2 Å². The first-order chi connectivity index (χ1) is 14.1. The zero-order valence-corrected chi connectivity index (χ0v) is 19.3. The standard InChI is InChI=1S/C19H23N5O4S2/c1-9-11(3)29-16-14(9)17(26)24(12(21-16)7-23(4)5)8-13(25)22-19-20-10(2)15(30-19)18(27)28-6/h7-8H2,1-6H3,(H,20,22,25). The van der Waals surface area contributed by atoms with E-state index in [1.165, 1.54) is 23.0 Å². The van der Waals surface area contributed by atoms with Gasteiger partial charge < -0.3 is 15.0 Å². The van der Waals surface area contributed by atoms with Gasteiger partial charge in [-0.1, -0.05) is 11.3 Å². The molecule has 0 aliphatic heterocycles. The van der Waals surface area contributed by atoms with Gasteiger partial charge in [-0.05, 0) is 40.4 Å². The van der Waals surface area contributed by atoms with Gasteiger partial charge in [-0.15, -0.1) is 11.3 Å². The molecule has 1 amide bonds. The third-order valence-corrected chi connectivity index (χ3v) is 6.70. The molecule has 3 aromatic rings. The van der Waals surface area contributed by atoms with Crippen molar-refractivity contribution in [2.75, 3.05) is 26.5 Å². The minimum absolute atomic E-state index is 0.203. The van der Waals surface area contributed by atoms with Crippen molar-refractivity contribution in [2.24, 2.45) is 0 Å². The Morgan fingerprint density at radius 3 is 2.50 bits per heavy atom. The van der Waals surface area contributed by atoms with E-state index in [9.17, 15) is 14.4 Å². The number of hydrogen-bond acceptors (Lipinski definition) is 9. The summed E-state index contributed by atoms with van der Waals surface area (Å²) in [5.74, 6) is -0.416. The van der Waals surface area contributed by atoms with Crippen LogP contribution in [-0.4, -0.2) is 52.5 Å². The van der Waals surface area contributed by atoms with Crippen LogP contribution in [0, 0.1) is 20.8 Å². The molecule has 3 heterocycles. The van der Waals surface area contributed by atoms with Crippen LogP contribution in [0.1, 0.15) is 31.6 Å². The number of hydrogen-bond donors (Lipinski definition) is 1. The van der Waals surface area contributed by atoms with Crippen molar-refractivity contribution in [3.05, 3.63) is 37.2 Å². The van der Waals surface area contributed by atoms with Crippen LogP contribution in [-0.2, 0) is 22.6 Å². The number of carbonyl (C=O) groups is 2. The Hall–Kier alpha value is -2.63. The van der Waals surface area contributed by atoms with Gasteiger partial charge in [-0.25, -0.2) is 14.8 Å². The molecule has 0 atom stereocenters. The topological polar surface area (TPSA) is 106 Å². The second-order valence-electron chi connectivity index (χ2n) is 7.09. The number of methoxy groups -OCH3 is 1. The number of fused-ring (bicyclic) bond motifs is 1. The maximum absolute atomic E-state index is 13.2. The Kier molecular flexibility index (Phi) is 6.34. The van der Waals surface area contributed by atoms with E-state index >= 15 is 0 Å². The molecule has 0 saturated heterocycles. The molecule has 0 aliphatic rings. The third-order valence-electron chi connectivity index (χ3n) is 4.54. The number of amides is 1. The highest BCUT2D eigenvalue weighted by Gasteiger charge is 2.20. The number of esters is 1. The van der Waals surface area contributed by atoms with Crippen LogP contribution in [0.4, 0.5) is 5.13 Å². The van der Waals surface area contributed by atoms with E-state index in [0.29, 0.717) is 33.2 Å². The van der Waals surface area contributed by atoms with E-state index in [4.69, 9.17) is 4.74 Å². The molecule has 1 N–H and O–H groups in total. The highest BCUT2D eigenvalue weighted by atomic mass is 32.1. The molecule has 0 saturated carbocycles. The normalized spacial score (nSPS) is 11.3. The van der Waals surface area contributed by atoms with Gasteiger partial charge in [0.2, 0.25) is 5.91 Å². The Morgan fingerprint density at radius 1 is 1.17 bits per heavy atom. The van der Waals surface area contributed by atoms with Crippen molar-refractivity contribution >= 4 is 49.9 Å². The lowest BCUT2D eigenvalue weighted by Crippen LogP contribution is -2.32. The molecular weight excluding hydrogens is 426 g/mol. The molecule has 160 valence electrons. The molecule has 3 rings (SSSR count). The van der Waals surface area contributed by atoms with Crippen LogP contribution in [0.15, 0.2) is 4.79 Å². The molecule has 0 radical (unpaired) electrons. The number of aryl methyl sites for hydroxylation is 3. The first-order valence-electron chi connectivity index (χ1n) is 9.12. The molecule has 0 aromatic carbocycles. The monoisotopic (exact) mass is 449 g/mol. The second-order valence-corrected chi connectivity index (χ2v) is 9.30. The van der Waals surface area contributed by atoms with Gasteiger partial charge in [0.15, 0.2) is 5.13 Å². The average Bonchev–Trinajstić information content (AvgIpc) is 3.16. The Morgan fingerprint density at radius 2 is 1.87 bits per heavy atom. The summed E-state index contributed by atoms with van der Waals surface area (Å²) in [6.45, 7) is 5.72. The van der Waals surface area contributed by atoms with E-state index in [1.54, 1.807) is 6.92 Å². The lowest BCUT2D eigenvalue weighted by Gasteiger charge is -2.15. The summed E-state index contributed by atoms with van der Waals surface area (Å²) < 4.78 is 6.12. The van der Waals surface area contributed by atoms with Gasteiger partial charge in [-0.2, -0.15) is 0 Å². The van der Waals surface area contributed by atoms with Gasteiger partial charge in [0, 0.05) is 4.88 Å². The summed E-state index contributed by atoms with van der Waals surface area (Å²) in [6, 6.07) is 0. The molecule has 0 unspecified atom stereocenters. The van der Waals surface area contributed by atoms with Crippen LogP contribution in [0.5, 0.6) is 0 Å². The summed E-state index contributed by atoms with van der Waals surface area (Å²) in [5.41, 5.74) is 1.12. The van der Waals surface area contributed by atoms with Crippen molar-refractivity contribution in [3.8, 4) is 0 Å². The minimum Gasteiger partial charge on any atom is -0.465 e. The van der Waals surface area contributed by atoms with Crippen molar-refractivity contribution in [3.63, 3.8) is 0 Å². The summed E-state index contributed by atoms with van der Waals surface area (Å²) in [5, 5.41) is 3.49. The zero-order valence-electron chi connectivity index (χ0n) is 17.7. The lowest BCUT2D eigenvalue weighted by atomic mass is 10.2. The average molecular weight is 450 g/mol. The summed E-state index contributed by atoms with van der Waals surface area (Å²) in [4.78, 5) is 50.4. The van der Waals surface area contributed by atoms with Gasteiger partial charge in [0.05, 0.1) is 24.7 Å². The Labute approximate surface area is 181 Å². The number of rotatable bonds is 6. The van der Waals surface area contributed by atoms with Crippen LogP contribution >= 0.6 is 22.7 Å². The number of anilines is 1. The number of nitrogens with one attached hydrogen (secondary N) is 1. The molecule has 0 spiro atoms. The van der Waals surface area contributed by atoms with E-state index in [1.807, 2.05) is 32.8 Å². The first kappa shape index (κ1) is 22.1. The van der Waals surface area contributed by atoms with Gasteiger partial charge >= 0.3 is 5.97 Å². The van der Waals surface area contributed by atoms with E-state index < -0.39 is 11.9 Å². The van der Waals surface area contributed by atoms with E-state index in [2.05, 4.69) is 15.3 Å². The van der Waals surface area contributed by atoms with E-state index in [0.717, 1.165) is 21.8 Å². The molecule has 9 nitrogen and oxygen atoms in total. The smallest absolute Gasteiger partial charge is 0.350 e. The lowest BCUT2D eigenvalue weighted by molar-refractivity contribution is -0.116. The fourth-order valence-electron chi connectivity index (χ4n) is 2.97. The Bertz CT molecular complexity index is 1190. The summed E-state index contributed by atoms with van der Waals surface area (Å²) in [6.07, 6.45) is 0. The summed E-state index contributed by atoms with van der Waals surface area (Å²) >= 11 is 2.51. The second kappa shape index (κ2) is 8.62. The largest absolute Gasteiger partial charge is 0.465 e. The van der Waals surface area contributed by atoms with Crippen LogP contribution in [0.2, 0.25) is 0 Å². The highest BCUT2D eigenvalue weighted by Crippen LogP contribution is 2.27. The SMILES string of the molecule is COC(=O)c1sc(NC(=O)Cn2c(CN(C)C)nc3sc(C)c(C)c3c2=O)nc1C. The van der Waals surface area contributed by atoms with Crippen LogP contribution in [0.25, 0.3) is 10.2 Å². The number of thiophene rings is 1. The minimum atomic E-state index is -0.507. The fraction of sp³-hybridized carbons (Fsp3) is 0.421. The van der Waals surface area contributed by atoms with Crippen LogP contribution in [0.3, 0.4) is 0 Å². The number of thiazole rings is 1. The number of aromatic nitrogens is 3. The number of ether oxygens (including phenoxy) is 1. The Balaban J connectivity index is 1.95. The van der Waals surface area contributed by atoms with E-state index in [-0.39, 0.29) is 17.2 Å². The molecule has 11 heteroatoms. The molecular formula is C19H23N5O4S2. The van der Waals surface area contributed by atoms with Crippen molar-refractivity contribution in [2.45, 2.75) is 33.9 Å². The predicted molar refractivity (Wildman–Crippen MR) is 118 cm³/mol. The number of nitrogens with zero attached hydrogens (tertiary/aromatic N) is 4. The van der Waals surface area contributed by atoms with Gasteiger partial charge in [0.25, 0.3) is 5.56 Å². The molecule has 0 aliphatic carbocycles. The molecule has 3 aromatic heterocycles. The molecule has 0 fully saturated rings. The quantitative estimate of drug-likeness (QED) is 0.576. The fourth-order valence-corrected chi connectivity index (χ4v) is 4.91. The van der Waals surface area contributed by atoms with Crippen molar-refractivity contribution in [1.29, 1.82) is 0 Å². The molecule has 0 bridgehead atoms. The number of carbonyl (C=O) groups excluding carboxylic acids is 2. The third kappa shape index (κ3) is 4.27. The van der Waals surface area contributed by atoms with Crippen molar-refractivity contribution in [1.82, 2.24) is 19.4 Å². The first-order valence-corrected chi connectivity index (χ1v) is 10.7. The highest BCUT2D eigenvalue weighted by molar-refractivity contribution is 7.18. The molecule has 30 heavy (non-hydrogen) atoms.